The van der Waals surface area contributed by atoms with E-state index in [0.29, 0.717) is 0 Å². The van der Waals surface area contributed by atoms with Gasteiger partial charge in [0.2, 0.25) is 0 Å². The van der Waals surface area contributed by atoms with E-state index >= 15 is 0 Å². The number of hydrogen-bond acceptors (Lipinski definition) is 0. The Hall–Kier alpha value is -0.130. The van der Waals surface area contributed by atoms with Crippen molar-refractivity contribution in [3.63, 3.8) is 0 Å². The number of hydrogen-bond donors (Lipinski definition) is 0. The van der Waals surface area contributed by atoms with Gasteiger partial charge in [-0.2, -0.15) is 0 Å². The van der Waals surface area contributed by atoms with Crippen molar-refractivity contribution in [2.45, 2.75) is 25.7 Å². The van der Waals surface area contributed by atoms with Gasteiger partial charge in [-0.25, -0.2) is 0 Å². The van der Waals surface area contributed by atoms with E-state index in [1.165, 1.54) is 36.0 Å². The highest BCUT2D eigenvalue weighted by atomic mass is 14.7. The summed E-state index contributed by atoms with van der Waals surface area (Å²) in [5.41, 5.74) is 0. The van der Waals surface area contributed by atoms with E-state index in [-0.39, 0.29) is 0 Å². The molecule has 0 radical (unpaired) electrons. The zero-order chi connectivity index (χ0) is 6.29. The van der Waals surface area contributed by atoms with Gasteiger partial charge in [0.25, 0.3) is 0 Å². The topological polar surface area (TPSA) is 0 Å². The third-order valence-electron chi connectivity index (χ3n) is 4.50. The van der Waals surface area contributed by atoms with Crippen LogP contribution in [0.25, 0.3) is 0 Å². The first-order valence-corrected chi connectivity index (χ1v) is 4.81. The van der Waals surface area contributed by atoms with Crippen LogP contribution in [0, 0.1) is 35.5 Å². The Morgan fingerprint density at radius 1 is 0.900 bits per heavy atom. The molecule has 52 valence electrons. The summed E-state index contributed by atoms with van der Waals surface area (Å²) in [5.74, 6) is 8.01. The van der Waals surface area contributed by atoms with Gasteiger partial charge in [-0.1, -0.05) is 0 Å². The van der Waals surface area contributed by atoms with E-state index in [1.54, 1.807) is 19.3 Å². The van der Waals surface area contributed by atoms with Gasteiger partial charge >= 0.3 is 0 Å². The average molecular weight is 133 g/mol. The van der Waals surface area contributed by atoms with Crippen molar-refractivity contribution in [3.05, 3.63) is 5.92 Å². The van der Waals surface area contributed by atoms with Crippen LogP contribution in [-0.2, 0) is 0 Å². The van der Waals surface area contributed by atoms with Gasteiger partial charge in [0.15, 0.2) is 0 Å². The van der Waals surface area contributed by atoms with Gasteiger partial charge in [-0.3, -0.25) is 0 Å². The fraction of sp³-hybridized carbons (Fsp3) is 0.900. The van der Waals surface area contributed by atoms with Gasteiger partial charge in [0, 0.05) is 11.8 Å². The highest BCUT2D eigenvalue weighted by Gasteiger charge is 2.74. The minimum atomic E-state index is 1.17. The molecule has 4 atom stereocenters. The van der Waals surface area contributed by atoms with Crippen molar-refractivity contribution >= 4 is 0 Å². The molecule has 0 unspecified atom stereocenters. The zero-order valence-electron chi connectivity index (χ0n) is 6.22. The smallest absolute Gasteiger partial charge is 0.0226 e. The summed E-state index contributed by atoms with van der Waals surface area (Å²) in [6.45, 7) is 0. The van der Waals surface area contributed by atoms with E-state index in [2.05, 4.69) is 0 Å². The number of rotatable bonds is 0. The maximum absolute atomic E-state index is 2.03. The normalized spacial score (nSPS) is 67.2. The van der Waals surface area contributed by atoms with Crippen LogP contribution in [0.5, 0.6) is 0 Å². The van der Waals surface area contributed by atoms with E-state index < -0.39 is 0 Å². The van der Waals surface area contributed by atoms with Crippen LogP contribution < -0.4 is 0 Å². The first-order chi connectivity index (χ1) is 4.95. The quantitative estimate of drug-likeness (QED) is 0.445. The maximum atomic E-state index is 2.03. The van der Waals surface area contributed by atoms with Crippen molar-refractivity contribution in [1.29, 1.82) is 0 Å². The van der Waals surface area contributed by atoms with Crippen LogP contribution in [-0.4, -0.2) is 0 Å². The van der Waals surface area contributed by atoms with Gasteiger partial charge in [-0.15, -0.1) is 0 Å². The Kier molecular flexibility index (Phi) is 0.538. The third kappa shape index (κ3) is 0.344. The summed E-state index contributed by atoms with van der Waals surface area (Å²) in [5, 5.41) is 0. The van der Waals surface area contributed by atoms with Gasteiger partial charge in [-0.05, 0) is 25.2 Å². The van der Waals surface area contributed by atoms with Crippen LogP contribution in [0.3, 0.4) is 0 Å². The molecule has 0 heteroatoms. The highest BCUT2D eigenvalue weighted by Crippen LogP contribution is 2.74. The van der Waals surface area contributed by atoms with Crippen molar-refractivity contribution < 1.29 is 0 Å². The predicted molar refractivity (Wildman–Crippen MR) is 39.2 cm³/mol. The van der Waals surface area contributed by atoms with E-state index in [1.807, 2.05) is 5.92 Å². The molecule has 0 heterocycles. The van der Waals surface area contributed by atoms with Crippen molar-refractivity contribution in [3.8, 4) is 0 Å². The summed E-state index contributed by atoms with van der Waals surface area (Å²) < 4.78 is 0. The molecule has 2 bridgehead atoms. The molecule has 10 heavy (non-hydrogen) atoms. The summed E-state index contributed by atoms with van der Waals surface area (Å²) in [4.78, 5) is 0. The Balaban J connectivity index is 1.85. The molecule has 5 rings (SSSR count). The second-order valence-electron chi connectivity index (χ2n) is 4.79. The average Bonchev–Trinajstić information content (AvgIpc) is 2.83. The molecule has 0 saturated heterocycles. The molecular formula is C10H13+. The molecule has 0 aliphatic heterocycles. The third-order valence-corrected chi connectivity index (χ3v) is 4.50. The van der Waals surface area contributed by atoms with Gasteiger partial charge in [0.05, 0.1) is 12.3 Å². The second-order valence-corrected chi connectivity index (χ2v) is 4.79. The molecule has 0 nitrogen and oxygen atoms in total. The molecule has 0 aromatic rings. The zero-order valence-corrected chi connectivity index (χ0v) is 6.22. The van der Waals surface area contributed by atoms with Crippen LogP contribution in [0.2, 0.25) is 0 Å². The molecule has 5 aliphatic carbocycles. The molecule has 5 saturated carbocycles. The Morgan fingerprint density at radius 3 is 2.20 bits per heavy atom. The SMILES string of the molecule is C1CC2[C@H]3C[C@H]3[C+]1[C@@H]1C[C@H]21. The summed E-state index contributed by atoms with van der Waals surface area (Å²) >= 11 is 0. The molecule has 0 spiro atoms. The fourth-order valence-electron chi connectivity index (χ4n) is 3.95. The van der Waals surface area contributed by atoms with Gasteiger partial charge in [0.1, 0.15) is 11.8 Å². The lowest BCUT2D eigenvalue weighted by atomic mass is 9.71. The van der Waals surface area contributed by atoms with Crippen molar-refractivity contribution in [2.75, 3.05) is 0 Å². The lowest BCUT2D eigenvalue weighted by molar-refractivity contribution is 0.246. The minimum absolute atomic E-state index is 1.17. The van der Waals surface area contributed by atoms with E-state index in [4.69, 9.17) is 0 Å². The maximum Gasteiger partial charge on any atom is 0.104 e. The summed E-state index contributed by atoms with van der Waals surface area (Å²) in [6.07, 6.45) is 6.32. The van der Waals surface area contributed by atoms with E-state index in [0.717, 1.165) is 0 Å². The first kappa shape index (κ1) is 4.69. The molecule has 5 fully saturated rings. The Morgan fingerprint density at radius 2 is 1.60 bits per heavy atom. The minimum Gasteiger partial charge on any atom is -0.0226 e. The van der Waals surface area contributed by atoms with Gasteiger partial charge < -0.3 is 0 Å². The molecule has 0 amide bonds. The van der Waals surface area contributed by atoms with Crippen LogP contribution in [0.1, 0.15) is 25.7 Å². The first-order valence-electron chi connectivity index (χ1n) is 4.81. The molecule has 0 N–H and O–H groups in total. The Labute approximate surface area is 62.0 Å². The number of fused-ring (bicyclic) bond motifs is 1. The van der Waals surface area contributed by atoms with Crippen LogP contribution >= 0.6 is 0 Å². The molecule has 5 aliphatic rings. The lowest BCUT2D eigenvalue weighted by Crippen LogP contribution is -2.26. The van der Waals surface area contributed by atoms with Crippen molar-refractivity contribution in [2.24, 2.45) is 29.6 Å². The summed E-state index contributed by atoms with van der Waals surface area (Å²) in [7, 11) is 0. The molecular weight excluding hydrogens is 120 g/mol. The lowest BCUT2D eigenvalue weighted by Gasteiger charge is -2.26. The highest BCUT2D eigenvalue weighted by molar-refractivity contribution is 5.28. The van der Waals surface area contributed by atoms with E-state index in [9.17, 15) is 0 Å². The predicted octanol–water partition coefficient (Wildman–Crippen LogP) is 2.26. The monoisotopic (exact) mass is 133 g/mol. The van der Waals surface area contributed by atoms with Crippen LogP contribution in [0.15, 0.2) is 0 Å². The largest absolute Gasteiger partial charge is 0.104 e. The Bertz CT molecular complexity index is 158. The van der Waals surface area contributed by atoms with Crippen LogP contribution in [0.4, 0.5) is 0 Å². The standard InChI is InChI=1S/C10H13/c1-2-6-9-3-7(9)5(1)8-4-10(6)8/h5,7-10H,1-4H2/q+1/t7-,8-,9+,10+/m1/s1. The molecule has 0 aromatic carbocycles. The summed E-state index contributed by atoms with van der Waals surface area (Å²) in [6, 6.07) is 0. The second kappa shape index (κ2) is 1.15. The van der Waals surface area contributed by atoms with Crippen molar-refractivity contribution in [1.82, 2.24) is 0 Å². The molecule has 0 aromatic heterocycles. The fourth-order valence-corrected chi connectivity index (χ4v) is 3.95.